The van der Waals surface area contributed by atoms with E-state index in [-0.39, 0.29) is 0 Å². The van der Waals surface area contributed by atoms with Crippen molar-refractivity contribution < 1.29 is 9.90 Å². The zero-order valence-corrected chi connectivity index (χ0v) is 12.5. The molecule has 1 atom stereocenters. The maximum atomic E-state index is 10.7. The predicted molar refractivity (Wildman–Crippen MR) is 82.4 cm³/mol. The van der Waals surface area contributed by atoms with E-state index in [2.05, 4.69) is 23.8 Å². The first-order valence-corrected chi connectivity index (χ1v) is 7.01. The van der Waals surface area contributed by atoms with Gasteiger partial charge >= 0.3 is 5.97 Å². The quantitative estimate of drug-likeness (QED) is 0.870. The Morgan fingerprint density at radius 2 is 2.20 bits per heavy atom. The molecule has 5 heteroatoms. The lowest BCUT2D eigenvalue weighted by molar-refractivity contribution is -0.131. The summed E-state index contributed by atoms with van der Waals surface area (Å²) < 4.78 is 0. The van der Waals surface area contributed by atoms with Crippen LogP contribution in [-0.4, -0.2) is 48.7 Å². The van der Waals surface area contributed by atoms with Crippen molar-refractivity contribution in [1.29, 1.82) is 0 Å². The summed E-state index contributed by atoms with van der Waals surface area (Å²) >= 11 is 6.10. The summed E-state index contributed by atoms with van der Waals surface area (Å²) in [4.78, 5) is 15.3. The Balaban J connectivity index is 2.34. The predicted octanol–water partition coefficient (Wildman–Crippen LogP) is 2.58. The van der Waals surface area contributed by atoms with E-state index in [0.29, 0.717) is 11.1 Å². The van der Waals surface area contributed by atoms with Gasteiger partial charge in [0.05, 0.1) is 0 Å². The highest BCUT2D eigenvalue weighted by Crippen LogP contribution is 2.29. The van der Waals surface area contributed by atoms with E-state index in [0.717, 1.165) is 37.0 Å². The molecule has 0 saturated carbocycles. The van der Waals surface area contributed by atoms with Crippen LogP contribution in [0.15, 0.2) is 24.3 Å². The monoisotopic (exact) mass is 294 g/mol. The number of rotatable bonds is 3. The SMILES string of the molecule is CC1CN(C)CCN1c1cc(Cl)ccc1/C=C/C(=O)O. The van der Waals surface area contributed by atoms with E-state index in [1.54, 1.807) is 12.1 Å². The highest BCUT2D eigenvalue weighted by Gasteiger charge is 2.23. The van der Waals surface area contributed by atoms with Gasteiger partial charge in [0.15, 0.2) is 0 Å². The lowest BCUT2D eigenvalue weighted by Gasteiger charge is -2.40. The minimum atomic E-state index is -0.947. The number of hydrogen-bond donors (Lipinski definition) is 1. The molecule has 1 aliphatic heterocycles. The van der Waals surface area contributed by atoms with Crippen molar-refractivity contribution in [2.75, 3.05) is 31.6 Å². The summed E-state index contributed by atoms with van der Waals surface area (Å²) in [5, 5.41) is 9.45. The third-order valence-electron chi connectivity index (χ3n) is 3.54. The number of anilines is 1. The molecule has 1 fully saturated rings. The fourth-order valence-corrected chi connectivity index (χ4v) is 2.73. The van der Waals surface area contributed by atoms with Crippen LogP contribution in [0.3, 0.4) is 0 Å². The van der Waals surface area contributed by atoms with Crippen LogP contribution in [0.5, 0.6) is 0 Å². The largest absolute Gasteiger partial charge is 0.478 e. The Morgan fingerprint density at radius 1 is 1.45 bits per heavy atom. The molecule has 0 aromatic heterocycles. The topological polar surface area (TPSA) is 43.8 Å². The average molecular weight is 295 g/mol. The van der Waals surface area contributed by atoms with Gasteiger partial charge in [0.25, 0.3) is 0 Å². The van der Waals surface area contributed by atoms with Crippen LogP contribution in [-0.2, 0) is 4.79 Å². The normalized spacial score (nSPS) is 20.6. The minimum Gasteiger partial charge on any atom is -0.478 e. The third kappa shape index (κ3) is 3.52. The van der Waals surface area contributed by atoms with E-state index in [9.17, 15) is 4.79 Å². The number of carbonyl (C=O) groups is 1. The van der Waals surface area contributed by atoms with Gasteiger partial charge in [-0.25, -0.2) is 4.79 Å². The third-order valence-corrected chi connectivity index (χ3v) is 3.77. The number of hydrogen-bond acceptors (Lipinski definition) is 3. The molecule has 20 heavy (non-hydrogen) atoms. The van der Waals surface area contributed by atoms with E-state index in [1.165, 1.54) is 0 Å². The molecule has 0 aliphatic carbocycles. The Labute approximate surface area is 124 Å². The number of benzene rings is 1. The maximum Gasteiger partial charge on any atom is 0.328 e. The summed E-state index contributed by atoms with van der Waals surface area (Å²) in [7, 11) is 2.11. The molecule has 108 valence electrons. The smallest absolute Gasteiger partial charge is 0.328 e. The van der Waals surface area contributed by atoms with Gasteiger partial charge in [-0.1, -0.05) is 17.7 Å². The second kappa shape index (κ2) is 6.29. The van der Waals surface area contributed by atoms with E-state index >= 15 is 0 Å². The number of likely N-dealkylation sites (N-methyl/N-ethyl adjacent to an activating group) is 1. The summed E-state index contributed by atoms with van der Waals surface area (Å²) in [6.07, 6.45) is 2.78. The lowest BCUT2D eigenvalue weighted by Crippen LogP contribution is -2.50. The first-order chi connectivity index (χ1) is 9.47. The van der Waals surface area contributed by atoms with E-state index in [1.807, 2.05) is 12.1 Å². The fourth-order valence-electron chi connectivity index (χ4n) is 2.57. The second-order valence-corrected chi connectivity index (χ2v) is 5.62. The summed E-state index contributed by atoms with van der Waals surface area (Å²) in [6, 6.07) is 5.92. The van der Waals surface area contributed by atoms with Crippen LogP contribution >= 0.6 is 11.6 Å². The van der Waals surface area contributed by atoms with Gasteiger partial charge in [-0.05, 0) is 37.7 Å². The van der Waals surface area contributed by atoms with E-state index in [4.69, 9.17) is 16.7 Å². The summed E-state index contributed by atoms with van der Waals surface area (Å²) in [5.74, 6) is -0.947. The molecule has 1 saturated heterocycles. The molecule has 0 bridgehead atoms. The maximum absolute atomic E-state index is 10.7. The molecule has 0 amide bonds. The van der Waals surface area contributed by atoms with Crippen LogP contribution in [0.25, 0.3) is 6.08 Å². The van der Waals surface area contributed by atoms with Gasteiger partial charge < -0.3 is 14.9 Å². The van der Waals surface area contributed by atoms with Crippen molar-refractivity contribution in [3.8, 4) is 0 Å². The number of halogens is 1. The summed E-state index contributed by atoms with van der Waals surface area (Å²) in [6.45, 7) is 5.04. The van der Waals surface area contributed by atoms with E-state index < -0.39 is 5.97 Å². The molecule has 0 radical (unpaired) electrons. The van der Waals surface area contributed by atoms with Crippen molar-refractivity contribution in [3.05, 3.63) is 34.9 Å². The second-order valence-electron chi connectivity index (χ2n) is 5.18. The van der Waals surface area contributed by atoms with Crippen molar-refractivity contribution in [3.63, 3.8) is 0 Å². The lowest BCUT2D eigenvalue weighted by atomic mass is 10.1. The molecular weight excluding hydrogens is 276 g/mol. The molecular formula is C15H19ClN2O2. The molecule has 1 aliphatic rings. The Hall–Kier alpha value is -1.52. The molecule has 1 N–H and O–H groups in total. The van der Waals surface area contributed by atoms with Crippen LogP contribution in [0, 0.1) is 0 Å². The molecule has 0 spiro atoms. The van der Waals surface area contributed by atoms with Crippen molar-refractivity contribution in [2.24, 2.45) is 0 Å². The van der Waals surface area contributed by atoms with Gasteiger partial charge in [0.2, 0.25) is 0 Å². The highest BCUT2D eigenvalue weighted by molar-refractivity contribution is 6.31. The van der Waals surface area contributed by atoms with Gasteiger partial charge in [-0.3, -0.25) is 0 Å². The number of aliphatic carboxylic acids is 1. The van der Waals surface area contributed by atoms with Gasteiger partial charge in [0, 0.05) is 42.5 Å². The van der Waals surface area contributed by atoms with Crippen LogP contribution in [0.2, 0.25) is 5.02 Å². The molecule has 2 rings (SSSR count). The number of piperazine rings is 1. The number of carboxylic acids is 1. The minimum absolute atomic E-state index is 0.365. The Bertz CT molecular complexity index is 531. The van der Waals surface area contributed by atoms with Crippen LogP contribution in [0.1, 0.15) is 12.5 Å². The van der Waals surface area contributed by atoms with Gasteiger partial charge in [0.1, 0.15) is 0 Å². The van der Waals surface area contributed by atoms with Crippen molar-refractivity contribution in [1.82, 2.24) is 4.90 Å². The molecule has 1 aromatic carbocycles. The van der Waals surface area contributed by atoms with Crippen molar-refractivity contribution >= 4 is 29.3 Å². The Kier molecular flexibility index (Phi) is 4.68. The van der Waals surface area contributed by atoms with Gasteiger partial charge in [-0.2, -0.15) is 0 Å². The highest BCUT2D eigenvalue weighted by atomic mass is 35.5. The van der Waals surface area contributed by atoms with Crippen LogP contribution < -0.4 is 4.90 Å². The average Bonchev–Trinajstić information content (AvgIpc) is 2.37. The number of carboxylic acid groups (broad SMARTS) is 1. The zero-order valence-electron chi connectivity index (χ0n) is 11.7. The first-order valence-electron chi connectivity index (χ1n) is 6.63. The van der Waals surface area contributed by atoms with Gasteiger partial charge in [-0.15, -0.1) is 0 Å². The molecule has 1 unspecified atom stereocenters. The Morgan fingerprint density at radius 3 is 2.85 bits per heavy atom. The standard InChI is InChI=1S/C15H19ClN2O2/c1-11-10-17(2)7-8-18(11)14-9-13(16)5-3-12(14)4-6-15(19)20/h3-6,9,11H,7-8,10H2,1-2H3,(H,19,20)/b6-4+. The molecule has 1 heterocycles. The molecule has 1 aromatic rings. The van der Waals surface area contributed by atoms with Crippen LogP contribution in [0.4, 0.5) is 5.69 Å². The number of nitrogens with zero attached hydrogens (tertiary/aromatic N) is 2. The zero-order chi connectivity index (χ0) is 14.7. The molecule has 4 nitrogen and oxygen atoms in total. The van der Waals surface area contributed by atoms with Crippen molar-refractivity contribution in [2.45, 2.75) is 13.0 Å². The fraction of sp³-hybridized carbons (Fsp3) is 0.400. The first kappa shape index (κ1) is 14.9. The summed E-state index contributed by atoms with van der Waals surface area (Å²) in [5.41, 5.74) is 1.88.